The number of aromatic amines is 1. The number of H-pyrrole nitrogens is 1. The molecule has 108 valence electrons. The summed E-state index contributed by atoms with van der Waals surface area (Å²) in [5.74, 6) is -0.999. The van der Waals surface area contributed by atoms with Crippen LogP contribution in [0.3, 0.4) is 0 Å². The van der Waals surface area contributed by atoms with E-state index in [9.17, 15) is 4.79 Å². The highest BCUT2D eigenvalue weighted by Crippen LogP contribution is 2.32. The maximum absolute atomic E-state index is 12.2. The Morgan fingerprint density at radius 2 is 2.00 bits per heavy atom. The van der Waals surface area contributed by atoms with Gasteiger partial charge in [-0.25, -0.2) is 0 Å². The SMILES string of the molecule is NC(=O)C(c1n[nH]c2c1C=NC2)c1cccc2ccccc12. The van der Waals surface area contributed by atoms with Crippen LogP contribution in [0.15, 0.2) is 47.5 Å². The number of fused-ring (bicyclic) bond motifs is 2. The van der Waals surface area contributed by atoms with E-state index in [4.69, 9.17) is 5.73 Å². The van der Waals surface area contributed by atoms with Gasteiger partial charge in [0, 0.05) is 11.8 Å². The number of aliphatic imine (C=N–C) groups is 1. The van der Waals surface area contributed by atoms with Crippen molar-refractivity contribution in [1.29, 1.82) is 0 Å². The Morgan fingerprint density at radius 1 is 1.18 bits per heavy atom. The smallest absolute Gasteiger partial charge is 0.231 e. The van der Waals surface area contributed by atoms with Crippen LogP contribution in [-0.2, 0) is 11.3 Å². The number of carbonyl (C=O) groups excluding carboxylic acids is 1. The fraction of sp³-hybridized carbons (Fsp3) is 0.118. The summed E-state index contributed by atoms with van der Waals surface area (Å²) in [7, 11) is 0. The van der Waals surface area contributed by atoms with Crippen LogP contribution in [0.25, 0.3) is 10.8 Å². The van der Waals surface area contributed by atoms with Gasteiger partial charge in [-0.2, -0.15) is 5.10 Å². The number of primary amides is 1. The number of aromatic nitrogens is 2. The van der Waals surface area contributed by atoms with Crippen molar-refractivity contribution in [2.45, 2.75) is 12.5 Å². The minimum absolute atomic E-state index is 0.411. The summed E-state index contributed by atoms with van der Waals surface area (Å²) in [5, 5.41) is 9.37. The van der Waals surface area contributed by atoms with Crippen molar-refractivity contribution in [3.8, 4) is 0 Å². The van der Waals surface area contributed by atoms with Crippen LogP contribution in [0.2, 0.25) is 0 Å². The second-order valence-electron chi connectivity index (χ2n) is 5.37. The van der Waals surface area contributed by atoms with Crippen LogP contribution < -0.4 is 5.73 Å². The lowest BCUT2D eigenvalue weighted by Gasteiger charge is -2.15. The zero-order chi connectivity index (χ0) is 15.1. The van der Waals surface area contributed by atoms with Gasteiger partial charge in [0.05, 0.1) is 17.9 Å². The third kappa shape index (κ3) is 1.83. The highest BCUT2D eigenvalue weighted by Gasteiger charge is 2.29. The third-order valence-corrected chi connectivity index (χ3v) is 4.07. The third-order valence-electron chi connectivity index (χ3n) is 4.07. The summed E-state index contributed by atoms with van der Waals surface area (Å²) in [5.41, 5.74) is 9.05. The monoisotopic (exact) mass is 290 g/mol. The first-order valence-corrected chi connectivity index (χ1v) is 7.09. The first kappa shape index (κ1) is 12.8. The summed E-state index contributed by atoms with van der Waals surface area (Å²) in [6.07, 6.45) is 1.76. The number of carbonyl (C=O) groups is 1. The van der Waals surface area contributed by atoms with Crippen molar-refractivity contribution >= 4 is 22.9 Å². The van der Waals surface area contributed by atoms with E-state index in [-0.39, 0.29) is 0 Å². The summed E-state index contributed by atoms with van der Waals surface area (Å²) in [6.45, 7) is 0.573. The van der Waals surface area contributed by atoms with Crippen LogP contribution in [-0.4, -0.2) is 22.3 Å². The van der Waals surface area contributed by atoms with E-state index in [1.165, 1.54) is 0 Å². The Labute approximate surface area is 126 Å². The highest BCUT2D eigenvalue weighted by molar-refractivity contribution is 5.96. The predicted molar refractivity (Wildman–Crippen MR) is 84.9 cm³/mol. The largest absolute Gasteiger partial charge is 0.369 e. The van der Waals surface area contributed by atoms with E-state index in [0.29, 0.717) is 12.2 Å². The number of nitrogens with one attached hydrogen (secondary N) is 1. The second kappa shape index (κ2) is 4.80. The number of benzene rings is 2. The van der Waals surface area contributed by atoms with Gasteiger partial charge in [0.25, 0.3) is 0 Å². The van der Waals surface area contributed by atoms with Crippen LogP contribution >= 0.6 is 0 Å². The zero-order valence-corrected chi connectivity index (χ0v) is 11.8. The van der Waals surface area contributed by atoms with Gasteiger partial charge in [-0.3, -0.25) is 14.9 Å². The zero-order valence-electron chi connectivity index (χ0n) is 11.8. The number of nitrogens with zero attached hydrogens (tertiary/aromatic N) is 2. The summed E-state index contributed by atoms with van der Waals surface area (Å²) in [6, 6.07) is 13.9. The van der Waals surface area contributed by atoms with Crippen molar-refractivity contribution < 1.29 is 4.79 Å². The second-order valence-corrected chi connectivity index (χ2v) is 5.37. The maximum Gasteiger partial charge on any atom is 0.231 e. The molecule has 3 N–H and O–H groups in total. The molecule has 5 heteroatoms. The van der Waals surface area contributed by atoms with E-state index in [1.807, 2.05) is 42.5 Å². The van der Waals surface area contributed by atoms with E-state index in [0.717, 1.165) is 27.6 Å². The van der Waals surface area contributed by atoms with E-state index < -0.39 is 11.8 Å². The highest BCUT2D eigenvalue weighted by atomic mass is 16.1. The molecular weight excluding hydrogens is 276 g/mol. The van der Waals surface area contributed by atoms with Crippen molar-refractivity contribution in [2.24, 2.45) is 10.7 Å². The molecule has 1 atom stereocenters. The number of hydrogen-bond donors (Lipinski definition) is 2. The Hall–Kier alpha value is -2.95. The van der Waals surface area contributed by atoms with Crippen molar-refractivity contribution in [3.63, 3.8) is 0 Å². The van der Waals surface area contributed by atoms with Gasteiger partial charge < -0.3 is 5.73 Å². The van der Waals surface area contributed by atoms with E-state index in [2.05, 4.69) is 15.2 Å². The maximum atomic E-state index is 12.2. The van der Waals surface area contributed by atoms with Gasteiger partial charge in [0.15, 0.2) is 0 Å². The lowest BCUT2D eigenvalue weighted by atomic mass is 9.88. The summed E-state index contributed by atoms with van der Waals surface area (Å²) < 4.78 is 0. The number of rotatable bonds is 3. The van der Waals surface area contributed by atoms with E-state index >= 15 is 0 Å². The molecule has 0 saturated heterocycles. The van der Waals surface area contributed by atoms with Crippen LogP contribution in [0.1, 0.15) is 28.4 Å². The molecule has 0 radical (unpaired) electrons. The standard InChI is InChI=1S/C17H14N4O/c18-17(22)15(16-13-8-19-9-14(13)20-21-16)12-7-3-5-10-4-1-2-6-11(10)12/h1-8,15H,9H2,(H2,18,22)(H,20,21). The lowest BCUT2D eigenvalue weighted by molar-refractivity contribution is -0.118. The molecule has 22 heavy (non-hydrogen) atoms. The molecule has 5 nitrogen and oxygen atoms in total. The average Bonchev–Trinajstić information content (AvgIpc) is 3.12. The Balaban J connectivity index is 1.96. The average molecular weight is 290 g/mol. The number of amides is 1. The topological polar surface area (TPSA) is 84.1 Å². The van der Waals surface area contributed by atoms with Crippen molar-refractivity contribution in [1.82, 2.24) is 10.2 Å². The molecular formula is C17H14N4O. The van der Waals surface area contributed by atoms with Gasteiger partial charge in [0.2, 0.25) is 5.91 Å². The Bertz CT molecular complexity index is 905. The van der Waals surface area contributed by atoms with Crippen LogP contribution in [0, 0.1) is 0 Å². The molecule has 4 rings (SSSR count). The quantitative estimate of drug-likeness (QED) is 0.774. The molecule has 1 unspecified atom stereocenters. The van der Waals surface area contributed by atoms with Gasteiger partial charge in [-0.15, -0.1) is 0 Å². The number of nitrogens with two attached hydrogens (primary N) is 1. The molecule has 0 saturated carbocycles. The predicted octanol–water partition coefficient (Wildman–Crippen LogP) is 2.11. The Morgan fingerprint density at radius 3 is 2.86 bits per heavy atom. The van der Waals surface area contributed by atoms with Crippen LogP contribution in [0.5, 0.6) is 0 Å². The molecule has 1 aliphatic heterocycles. The molecule has 1 amide bonds. The van der Waals surface area contributed by atoms with Gasteiger partial charge in [-0.05, 0) is 16.3 Å². The molecule has 0 spiro atoms. The molecule has 0 aliphatic carbocycles. The summed E-state index contributed by atoms with van der Waals surface area (Å²) in [4.78, 5) is 16.4. The van der Waals surface area contributed by atoms with Crippen LogP contribution in [0.4, 0.5) is 0 Å². The molecule has 0 fully saturated rings. The van der Waals surface area contributed by atoms with Gasteiger partial charge in [0.1, 0.15) is 5.92 Å². The fourth-order valence-corrected chi connectivity index (χ4v) is 3.05. The molecule has 2 heterocycles. The first-order valence-electron chi connectivity index (χ1n) is 7.09. The molecule has 1 aliphatic rings. The number of hydrogen-bond acceptors (Lipinski definition) is 3. The Kier molecular flexibility index (Phi) is 2.79. The normalized spacial score (nSPS) is 14.2. The molecule has 0 bridgehead atoms. The molecule has 3 aromatic rings. The van der Waals surface area contributed by atoms with Crippen molar-refractivity contribution in [3.05, 3.63) is 65.0 Å². The lowest BCUT2D eigenvalue weighted by Crippen LogP contribution is -2.24. The van der Waals surface area contributed by atoms with Crippen molar-refractivity contribution in [2.75, 3.05) is 0 Å². The minimum Gasteiger partial charge on any atom is -0.369 e. The minimum atomic E-state index is -0.587. The first-order chi connectivity index (χ1) is 10.8. The van der Waals surface area contributed by atoms with Gasteiger partial charge >= 0.3 is 0 Å². The molecule has 1 aromatic heterocycles. The summed E-state index contributed by atoms with van der Waals surface area (Å²) >= 11 is 0. The van der Waals surface area contributed by atoms with Gasteiger partial charge in [-0.1, -0.05) is 42.5 Å². The fourth-order valence-electron chi connectivity index (χ4n) is 3.05. The van der Waals surface area contributed by atoms with E-state index in [1.54, 1.807) is 6.21 Å². The molecule has 2 aromatic carbocycles.